The fraction of sp³-hybridized carbons (Fsp3) is 0.391. The molecule has 2 rings (SSSR count). The molecule has 0 aliphatic rings. The maximum absolute atomic E-state index is 12.2. The molecule has 0 radical (unpaired) electrons. The van der Waals surface area contributed by atoms with E-state index in [-0.39, 0.29) is 11.9 Å². The summed E-state index contributed by atoms with van der Waals surface area (Å²) in [4.78, 5) is 16.4. The van der Waals surface area contributed by atoms with Crippen LogP contribution in [0.5, 0.6) is 11.5 Å². The number of benzene rings is 2. The zero-order valence-corrected chi connectivity index (χ0v) is 18.4. The Balaban J connectivity index is 1.96. The Morgan fingerprint density at radius 2 is 1.83 bits per heavy atom. The van der Waals surface area contributed by atoms with Gasteiger partial charge in [-0.3, -0.25) is 9.79 Å². The number of anilines is 1. The third-order valence-corrected chi connectivity index (χ3v) is 4.62. The van der Waals surface area contributed by atoms with Crippen LogP contribution in [-0.4, -0.2) is 38.7 Å². The zero-order chi connectivity index (χ0) is 21.9. The summed E-state index contributed by atoms with van der Waals surface area (Å²) in [6.07, 6.45) is 0.903. The van der Waals surface area contributed by atoms with Crippen LogP contribution in [0.15, 0.2) is 47.5 Å². The molecule has 0 fully saturated rings. The summed E-state index contributed by atoms with van der Waals surface area (Å²) >= 11 is 0. The van der Waals surface area contributed by atoms with E-state index in [0.29, 0.717) is 36.2 Å². The van der Waals surface area contributed by atoms with E-state index in [1.807, 2.05) is 63.2 Å². The second kappa shape index (κ2) is 11.7. The van der Waals surface area contributed by atoms with Crippen LogP contribution in [0.2, 0.25) is 0 Å². The van der Waals surface area contributed by atoms with Gasteiger partial charge in [0.2, 0.25) is 0 Å². The highest BCUT2D eigenvalue weighted by atomic mass is 16.5. The van der Waals surface area contributed by atoms with Gasteiger partial charge >= 0.3 is 0 Å². The van der Waals surface area contributed by atoms with E-state index >= 15 is 0 Å². The van der Waals surface area contributed by atoms with Gasteiger partial charge in [0.05, 0.1) is 13.7 Å². The van der Waals surface area contributed by atoms with E-state index in [1.165, 1.54) is 0 Å². The van der Waals surface area contributed by atoms with Gasteiger partial charge in [0.15, 0.2) is 17.5 Å². The van der Waals surface area contributed by atoms with Crippen molar-refractivity contribution in [1.29, 1.82) is 0 Å². The summed E-state index contributed by atoms with van der Waals surface area (Å²) in [5, 5.41) is 9.49. The van der Waals surface area contributed by atoms with Gasteiger partial charge in [0.25, 0.3) is 5.91 Å². The Labute approximate surface area is 178 Å². The molecule has 7 nitrogen and oxygen atoms in total. The summed E-state index contributed by atoms with van der Waals surface area (Å²) < 4.78 is 10.9. The third-order valence-electron chi connectivity index (χ3n) is 4.62. The van der Waals surface area contributed by atoms with Crippen LogP contribution in [0.3, 0.4) is 0 Å². The molecule has 162 valence electrons. The second-order valence-electron chi connectivity index (χ2n) is 6.83. The Bertz CT molecular complexity index is 850. The molecular weight excluding hydrogens is 380 g/mol. The average Bonchev–Trinajstić information content (AvgIpc) is 2.77. The van der Waals surface area contributed by atoms with Crippen LogP contribution >= 0.6 is 0 Å². The molecule has 0 aliphatic heterocycles. The lowest BCUT2D eigenvalue weighted by atomic mass is 10.1. The van der Waals surface area contributed by atoms with Crippen molar-refractivity contribution in [3.63, 3.8) is 0 Å². The number of carbonyl (C=O) groups is 1. The highest BCUT2D eigenvalue weighted by Gasteiger charge is 2.09. The number of nitrogens with one attached hydrogen (secondary N) is 3. The van der Waals surface area contributed by atoms with Gasteiger partial charge in [0, 0.05) is 37.0 Å². The second-order valence-corrected chi connectivity index (χ2v) is 6.83. The topological polar surface area (TPSA) is 84.0 Å². The minimum absolute atomic E-state index is 0.0501. The van der Waals surface area contributed by atoms with Crippen molar-refractivity contribution in [2.75, 3.05) is 26.1 Å². The molecule has 1 atom stereocenters. The summed E-state index contributed by atoms with van der Waals surface area (Å²) in [6, 6.07) is 13.3. The van der Waals surface area contributed by atoms with Gasteiger partial charge in [-0.2, -0.15) is 0 Å². The molecule has 30 heavy (non-hydrogen) atoms. The predicted octanol–water partition coefficient (Wildman–Crippen LogP) is 3.81. The van der Waals surface area contributed by atoms with Crippen molar-refractivity contribution < 1.29 is 14.3 Å². The smallest absolute Gasteiger partial charge is 0.251 e. The van der Waals surface area contributed by atoms with Crippen molar-refractivity contribution in [2.45, 2.75) is 39.8 Å². The highest BCUT2D eigenvalue weighted by molar-refractivity contribution is 5.95. The maximum atomic E-state index is 12.2. The highest BCUT2D eigenvalue weighted by Crippen LogP contribution is 2.30. The third kappa shape index (κ3) is 6.69. The van der Waals surface area contributed by atoms with E-state index in [4.69, 9.17) is 9.47 Å². The Morgan fingerprint density at radius 3 is 2.43 bits per heavy atom. The quantitative estimate of drug-likeness (QED) is 0.431. The molecular formula is C23H32N4O3. The first kappa shape index (κ1) is 23.1. The lowest BCUT2D eigenvalue weighted by Gasteiger charge is -2.15. The van der Waals surface area contributed by atoms with Crippen LogP contribution in [0.25, 0.3) is 0 Å². The molecule has 2 aromatic rings. The van der Waals surface area contributed by atoms with Crippen molar-refractivity contribution in [1.82, 2.24) is 10.6 Å². The van der Waals surface area contributed by atoms with Crippen LogP contribution in [0.4, 0.5) is 5.69 Å². The van der Waals surface area contributed by atoms with E-state index in [2.05, 4.69) is 20.9 Å². The number of hydrogen-bond acceptors (Lipinski definition) is 4. The number of guanidine groups is 1. The van der Waals surface area contributed by atoms with Gasteiger partial charge in [-0.25, -0.2) is 0 Å². The van der Waals surface area contributed by atoms with Crippen LogP contribution < -0.4 is 25.4 Å². The molecule has 0 aliphatic carbocycles. The summed E-state index contributed by atoms with van der Waals surface area (Å²) in [7, 11) is 3.33. The molecule has 1 amide bonds. The van der Waals surface area contributed by atoms with Crippen molar-refractivity contribution in [2.24, 2.45) is 4.99 Å². The van der Waals surface area contributed by atoms with Crippen molar-refractivity contribution in [3.8, 4) is 11.5 Å². The number of carbonyl (C=O) groups excluding carboxylic acids is 1. The first-order valence-corrected chi connectivity index (χ1v) is 10.2. The fourth-order valence-corrected chi connectivity index (χ4v) is 2.71. The number of rotatable bonds is 9. The normalized spacial score (nSPS) is 12.1. The summed E-state index contributed by atoms with van der Waals surface area (Å²) in [5.41, 5.74) is 2.54. The van der Waals surface area contributed by atoms with Gasteiger partial charge < -0.3 is 25.4 Å². The lowest BCUT2D eigenvalue weighted by molar-refractivity contribution is 0.0939. The fourth-order valence-electron chi connectivity index (χ4n) is 2.71. The Morgan fingerprint density at radius 1 is 1.10 bits per heavy atom. The number of amides is 1. The summed E-state index contributed by atoms with van der Waals surface area (Å²) in [6.45, 7) is 7.10. The number of ether oxygens (including phenoxy) is 2. The summed E-state index contributed by atoms with van der Waals surface area (Å²) in [5.74, 6) is 1.93. The molecule has 7 heteroatoms. The average molecular weight is 413 g/mol. The Hall–Kier alpha value is -3.22. The van der Waals surface area contributed by atoms with Crippen LogP contribution in [0.1, 0.15) is 43.1 Å². The van der Waals surface area contributed by atoms with Gasteiger partial charge in [0.1, 0.15) is 0 Å². The Kier molecular flexibility index (Phi) is 9.00. The molecule has 2 aromatic carbocycles. The molecule has 3 N–H and O–H groups in total. The SMILES string of the molecule is CCOc1cc(NC(=NC)NCc2ccc(C(=O)NC(C)CC)cc2)ccc1OC. The predicted molar refractivity (Wildman–Crippen MR) is 122 cm³/mol. The minimum Gasteiger partial charge on any atom is -0.493 e. The molecule has 0 saturated heterocycles. The maximum Gasteiger partial charge on any atom is 0.251 e. The first-order chi connectivity index (χ1) is 14.5. The lowest BCUT2D eigenvalue weighted by Crippen LogP contribution is -2.32. The van der Waals surface area contributed by atoms with Crippen molar-refractivity contribution >= 4 is 17.6 Å². The van der Waals surface area contributed by atoms with E-state index in [0.717, 1.165) is 17.7 Å². The molecule has 0 aromatic heterocycles. The number of nitrogens with zero attached hydrogens (tertiary/aromatic N) is 1. The largest absolute Gasteiger partial charge is 0.493 e. The zero-order valence-electron chi connectivity index (χ0n) is 18.4. The number of hydrogen-bond donors (Lipinski definition) is 3. The molecule has 1 unspecified atom stereocenters. The molecule has 0 spiro atoms. The van der Waals surface area contributed by atoms with E-state index < -0.39 is 0 Å². The van der Waals surface area contributed by atoms with Gasteiger partial charge in [-0.1, -0.05) is 19.1 Å². The molecule has 0 bridgehead atoms. The molecule has 0 saturated carbocycles. The van der Waals surface area contributed by atoms with Crippen LogP contribution in [-0.2, 0) is 6.54 Å². The van der Waals surface area contributed by atoms with E-state index in [9.17, 15) is 4.79 Å². The van der Waals surface area contributed by atoms with Crippen LogP contribution in [0, 0.1) is 0 Å². The first-order valence-electron chi connectivity index (χ1n) is 10.2. The van der Waals surface area contributed by atoms with E-state index in [1.54, 1.807) is 14.2 Å². The van der Waals surface area contributed by atoms with Gasteiger partial charge in [-0.05, 0) is 50.1 Å². The van der Waals surface area contributed by atoms with Gasteiger partial charge in [-0.15, -0.1) is 0 Å². The van der Waals surface area contributed by atoms with Crippen molar-refractivity contribution in [3.05, 3.63) is 53.6 Å². The number of methoxy groups -OCH3 is 1. The molecule has 0 heterocycles. The monoisotopic (exact) mass is 412 g/mol. The standard InChI is InChI=1S/C23H32N4O3/c1-6-16(3)26-22(28)18-10-8-17(9-11-18)15-25-23(24-4)27-19-12-13-20(29-5)21(14-19)30-7-2/h8-14,16H,6-7,15H2,1-5H3,(H,26,28)(H2,24,25,27). The number of aliphatic imine (C=N–C) groups is 1. The minimum atomic E-state index is -0.0501.